The highest BCUT2D eigenvalue weighted by Gasteiger charge is 2.19. The minimum atomic E-state index is 0. The van der Waals surface area contributed by atoms with Crippen LogP contribution in [-0.2, 0) is 6.54 Å². The van der Waals surface area contributed by atoms with Crippen LogP contribution in [0.25, 0.3) is 0 Å². The van der Waals surface area contributed by atoms with Crippen LogP contribution in [0.1, 0.15) is 11.3 Å². The average Bonchev–Trinajstić information content (AvgIpc) is 2.76. The molecule has 0 spiro atoms. The maximum atomic E-state index is 5.87. The molecule has 1 aromatic heterocycles. The first-order chi connectivity index (χ1) is 7.15. The third kappa shape index (κ3) is 3.31. The van der Waals surface area contributed by atoms with Gasteiger partial charge < -0.3 is 10.6 Å². The van der Waals surface area contributed by atoms with Crippen molar-refractivity contribution in [3.05, 3.63) is 11.1 Å². The van der Waals surface area contributed by atoms with Crippen molar-refractivity contribution in [1.29, 1.82) is 0 Å². The first-order valence-corrected chi connectivity index (χ1v) is 6.07. The molecule has 92 valence electrons. The molecule has 1 aliphatic heterocycles. The summed E-state index contributed by atoms with van der Waals surface area (Å²) in [5, 5.41) is 1.08. The third-order valence-corrected chi connectivity index (χ3v) is 3.76. The Morgan fingerprint density at radius 1 is 1.62 bits per heavy atom. The van der Waals surface area contributed by atoms with Gasteiger partial charge in [0.2, 0.25) is 0 Å². The van der Waals surface area contributed by atoms with Gasteiger partial charge in [0, 0.05) is 50.8 Å². The van der Waals surface area contributed by atoms with Crippen molar-refractivity contribution in [2.45, 2.75) is 19.0 Å². The molecule has 16 heavy (non-hydrogen) atoms. The number of halogens is 1. The van der Waals surface area contributed by atoms with E-state index < -0.39 is 0 Å². The zero-order valence-corrected chi connectivity index (χ0v) is 11.4. The lowest BCUT2D eigenvalue weighted by Gasteiger charge is -2.13. The van der Waals surface area contributed by atoms with Crippen LogP contribution in [0.2, 0.25) is 0 Å². The van der Waals surface area contributed by atoms with Crippen LogP contribution < -0.4 is 10.6 Å². The Morgan fingerprint density at radius 2 is 2.38 bits per heavy atom. The SMILES string of the molecule is CN(C)c1ncc(CN2CC[C@H](N)C2)s1.Cl. The summed E-state index contributed by atoms with van der Waals surface area (Å²) in [4.78, 5) is 10.1. The molecule has 6 heteroatoms. The summed E-state index contributed by atoms with van der Waals surface area (Å²) < 4.78 is 0. The van der Waals surface area contributed by atoms with Crippen LogP contribution in [0.5, 0.6) is 0 Å². The van der Waals surface area contributed by atoms with Crippen molar-refractivity contribution in [1.82, 2.24) is 9.88 Å². The highest BCUT2D eigenvalue weighted by molar-refractivity contribution is 7.15. The van der Waals surface area contributed by atoms with Gasteiger partial charge in [0.1, 0.15) is 0 Å². The van der Waals surface area contributed by atoms with Crippen molar-refractivity contribution in [2.75, 3.05) is 32.1 Å². The quantitative estimate of drug-likeness (QED) is 0.888. The molecule has 0 aliphatic carbocycles. The zero-order chi connectivity index (χ0) is 10.8. The Bertz CT molecular complexity index is 328. The molecule has 0 radical (unpaired) electrons. The Morgan fingerprint density at radius 3 is 2.88 bits per heavy atom. The van der Waals surface area contributed by atoms with Gasteiger partial charge in [0.25, 0.3) is 0 Å². The monoisotopic (exact) mass is 262 g/mol. The molecule has 0 bridgehead atoms. The van der Waals surface area contributed by atoms with E-state index in [1.54, 1.807) is 11.3 Å². The molecular weight excluding hydrogens is 244 g/mol. The summed E-state index contributed by atoms with van der Waals surface area (Å²) in [6.07, 6.45) is 3.10. The second-order valence-electron chi connectivity index (χ2n) is 4.29. The lowest BCUT2D eigenvalue weighted by molar-refractivity contribution is 0.329. The van der Waals surface area contributed by atoms with Crippen LogP contribution >= 0.6 is 23.7 Å². The summed E-state index contributed by atoms with van der Waals surface area (Å²) in [5.74, 6) is 0. The molecule has 2 N–H and O–H groups in total. The minimum Gasteiger partial charge on any atom is -0.354 e. The molecule has 1 saturated heterocycles. The molecule has 1 atom stereocenters. The molecule has 0 amide bonds. The number of anilines is 1. The largest absolute Gasteiger partial charge is 0.354 e. The van der Waals surface area contributed by atoms with Crippen LogP contribution in [0, 0.1) is 0 Å². The first-order valence-electron chi connectivity index (χ1n) is 5.25. The molecular formula is C10H19ClN4S. The van der Waals surface area contributed by atoms with E-state index in [0.717, 1.165) is 31.2 Å². The molecule has 2 rings (SSSR count). The van der Waals surface area contributed by atoms with E-state index in [0.29, 0.717) is 6.04 Å². The van der Waals surface area contributed by atoms with Crippen molar-refractivity contribution in [2.24, 2.45) is 5.73 Å². The van der Waals surface area contributed by atoms with Gasteiger partial charge in [0.15, 0.2) is 5.13 Å². The number of hydrogen-bond donors (Lipinski definition) is 1. The van der Waals surface area contributed by atoms with Crippen molar-refractivity contribution in [3.8, 4) is 0 Å². The number of hydrogen-bond acceptors (Lipinski definition) is 5. The maximum Gasteiger partial charge on any atom is 0.185 e. The number of aromatic nitrogens is 1. The predicted molar refractivity (Wildman–Crippen MR) is 71.6 cm³/mol. The van der Waals surface area contributed by atoms with E-state index in [2.05, 4.69) is 9.88 Å². The number of likely N-dealkylation sites (tertiary alicyclic amines) is 1. The smallest absolute Gasteiger partial charge is 0.185 e. The molecule has 1 aliphatic rings. The van der Waals surface area contributed by atoms with Gasteiger partial charge in [-0.3, -0.25) is 4.90 Å². The van der Waals surface area contributed by atoms with Gasteiger partial charge in [-0.25, -0.2) is 4.98 Å². The molecule has 0 unspecified atom stereocenters. The lowest BCUT2D eigenvalue weighted by Crippen LogP contribution is -2.25. The fourth-order valence-corrected chi connectivity index (χ4v) is 2.68. The summed E-state index contributed by atoms with van der Waals surface area (Å²) in [6, 6.07) is 0.367. The summed E-state index contributed by atoms with van der Waals surface area (Å²) in [5.41, 5.74) is 5.87. The van der Waals surface area contributed by atoms with E-state index in [1.807, 2.05) is 25.2 Å². The van der Waals surface area contributed by atoms with Crippen LogP contribution in [0.15, 0.2) is 6.20 Å². The van der Waals surface area contributed by atoms with Crippen molar-refractivity contribution in [3.63, 3.8) is 0 Å². The molecule has 0 aromatic carbocycles. The Hall–Kier alpha value is -0.360. The number of thiazole rings is 1. The van der Waals surface area contributed by atoms with E-state index in [9.17, 15) is 0 Å². The van der Waals surface area contributed by atoms with Gasteiger partial charge in [-0.1, -0.05) is 0 Å². The zero-order valence-electron chi connectivity index (χ0n) is 9.72. The standard InChI is InChI=1S/C10H18N4S.ClH/c1-13(2)10-12-5-9(15-10)7-14-4-3-8(11)6-14;/h5,8H,3-4,6-7,11H2,1-2H3;1H/t8-;/m0./s1. The Labute approximate surface area is 107 Å². The normalized spacial score (nSPS) is 20.8. The highest BCUT2D eigenvalue weighted by Crippen LogP contribution is 2.22. The number of rotatable bonds is 3. The van der Waals surface area contributed by atoms with Gasteiger partial charge in [-0.2, -0.15) is 0 Å². The molecule has 1 aromatic rings. The fourth-order valence-electron chi connectivity index (χ4n) is 1.80. The summed E-state index contributed by atoms with van der Waals surface area (Å²) >= 11 is 1.76. The average molecular weight is 263 g/mol. The second-order valence-corrected chi connectivity index (χ2v) is 5.38. The molecule has 4 nitrogen and oxygen atoms in total. The lowest BCUT2D eigenvalue weighted by atomic mass is 10.3. The molecule has 0 saturated carbocycles. The van der Waals surface area contributed by atoms with Crippen LogP contribution in [0.4, 0.5) is 5.13 Å². The van der Waals surface area contributed by atoms with Gasteiger partial charge in [-0.15, -0.1) is 23.7 Å². The topological polar surface area (TPSA) is 45.4 Å². The Balaban J connectivity index is 0.00000128. The van der Waals surface area contributed by atoms with Crippen molar-refractivity contribution < 1.29 is 0 Å². The number of nitrogens with zero attached hydrogens (tertiary/aromatic N) is 3. The predicted octanol–water partition coefficient (Wildman–Crippen LogP) is 1.16. The fraction of sp³-hybridized carbons (Fsp3) is 0.700. The van der Waals surface area contributed by atoms with Crippen LogP contribution in [0.3, 0.4) is 0 Å². The maximum absolute atomic E-state index is 5.87. The third-order valence-electron chi connectivity index (χ3n) is 2.61. The molecule has 1 fully saturated rings. The van der Waals surface area contributed by atoms with E-state index >= 15 is 0 Å². The number of nitrogens with two attached hydrogens (primary N) is 1. The highest BCUT2D eigenvalue weighted by atomic mass is 35.5. The van der Waals surface area contributed by atoms with Crippen LogP contribution in [-0.4, -0.2) is 43.1 Å². The van der Waals surface area contributed by atoms with Gasteiger partial charge in [0.05, 0.1) is 0 Å². The molecule has 2 heterocycles. The van der Waals surface area contributed by atoms with E-state index in [-0.39, 0.29) is 12.4 Å². The van der Waals surface area contributed by atoms with Gasteiger partial charge in [-0.05, 0) is 6.42 Å². The first kappa shape index (κ1) is 13.7. The van der Waals surface area contributed by atoms with E-state index in [4.69, 9.17) is 5.73 Å². The summed E-state index contributed by atoms with van der Waals surface area (Å²) in [6.45, 7) is 3.14. The van der Waals surface area contributed by atoms with E-state index in [1.165, 1.54) is 4.88 Å². The second kappa shape index (κ2) is 5.82. The Kier molecular flexibility index (Phi) is 4.98. The van der Waals surface area contributed by atoms with Crippen molar-refractivity contribution >= 4 is 28.9 Å². The summed E-state index contributed by atoms with van der Waals surface area (Å²) in [7, 11) is 4.04. The van der Waals surface area contributed by atoms with Gasteiger partial charge >= 0.3 is 0 Å². The minimum absolute atomic E-state index is 0.